The summed E-state index contributed by atoms with van der Waals surface area (Å²) in [5.74, 6) is 2.54. The van der Waals surface area contributed by atoms with Gasteiger partial charge in [0, 0.05) is 38.9 Å². The van der Waals surface area contributed by atoms with Crippen molar-refractivity contribution in [1.82, 2.24) is 10.2 Å². The highest BCUT2D eigenvalue weighted by Crippen LogP contribution is 2.30. The van der Waals surface area contributed by atoms with Crippen LogP contribution in [-0.4, -0.2) is 63.3 Å². The number of para-hydroxylation sites is 3. The maximum atomic E-state index is 6.02. The molecule has 2 aliphatic heterocycles. The van der Waals surface area contributed by atoms with Crippen LogP contribution in [-0.2, 0) is 0 Å². The number of nitrogens with zero attached hydrogens (tertiary/aromatic N) is 3. The van der Waals surface area contributed by atoms with E-state index in [9.17, 15) is 0 Å². The van der Waals surface area contributed by atoms with Crippen molar-refractivity contribution >= 4 is 35.6 Å². The summed E-state index contributed by atoms with van der Waals surface area (Å²) in [6, 6.07) is 18.4. The van der Waals surface area contributed by atoms with Crippen LogP contribution in [0.25, 0.3) is 0 Å². The van der Waals surface area contributed by atoms with Gasteiger partial charge in [0.2, 0.25) is 0 Å². The maximum absolute atomic E-state index is 6.02. The Hall–Kier alpha value is -2.16. The molecule has 150 valence electrons. The number of hydrogen-bond donors (Lipinski definition) is 1. The predicted octanol–water partition coefficient (Wildman–Crippen LogP) is 2.84. The molecule has 0 aliphatic carbocycles. The zero-order valence-electron chi connectivity index (χ0n) is 16.1. The molecule has 2 aliphatic rings. The smallest absolute Gasteiger partial charge is 0.193 e. The Morgan fingerprint density at radius 1 is 1.00 bits per heavy atom. The van der Waals surface area contributed by atoms with E-state index < -0.39 is 0 Å². The quantitative estimate of drug-likeness (QED) is 0.404. The topological polar surface area (TPSA) is 49.3 Å². The van der Waals surface area contributed by atoms with Gasteiger partial charge in [0.15, 0.2) is 17.5 Å². The molecule has 0 spiro atoms. The van der Waals surface area contributed by atoms with Crippen molar-refractivity contribution in [1.29, 1.82) is 0 Å². The fourth-order valence-corrected chi connectivity index (χ4v) is 3.52. The third-order valence-corrected chi connectivity index (χ3v) is 4.97. The van der Waals surface area contributed by atoms with E-state index in [0.29, 0.717) is 13.2 Å². The highest BCUT2D eigenvalue weighted by molar-refractivity contribution is 14.0. The molecule has 2 aromatic rings. The Morgan fingerprint density at radius 2 is 1.68 bits per heavy atom. The van der Waals surface area contributed by atoms with E-state index in [0.717, 1.165) is 43.6 Å². The zero-order chi connectivity index (χ0) is 18.5. The van der Waals surface area contributed by atoms with Gasteiger partial charge < -0.3 is 24.6 Å². The van der Waals surface area contributed by atoms with Crippen LogP contribution >= 0.6 is 24.0 Å². The van der Waals surface area contributed by atoms with Gasteiger partial charge in [-0.2, -0.15) is 0 Å². The van der Waals surface area contributed by atoms with Gasteiger partial charge in [-0.05, 0) is 24.3 Å². The fourth-order valence-electron chi connectivity index (χ4n) is 3.52. The molecule has 1 saturated heterocycles. The van der Waals surface area contributed by atoms with Crippen molar-refractivity contribution in [3.63, 3.8) is 0 Å². The number of halogens is 1. The maximum Gasteiger partial charge on any atom is 0.193 e. The number of benzene rings is 2. The molecule has 0 aromatic heterocycles. The largest absolute Gasteiger partial charge is 0.486 e. The summed E-state index contributed by atoms with van der Waals surface area (Å²) in [5.41, 5.74) is 1.28. The van der Waals surface area contributed by atoms with Crippen LogP contribution in [0.2, 0.25) is 0 Å². The second kappa shape index (κ2) is 9.86. The minimum Gasteiger partial charge on any atom is -0.486 e. The molecule has 4 rings (SSSR count). The highest BCUT2D eigenvalue weighted by Gasteiger charge is 2.23. The third kappa shape index (κ3) is 4.81. The Kier molecular flexibility index (Phi) is 7.24. The van der Waals surface area contributed by atoms with E-state index in [1.807, 2.05) is 31.3 Å². The average molecular weight is 494 g/mol. The van der Waals surface area contributed by atoms with E-state index >= 15 is 0 Å². The third-order valence-electron chi connectivity index (χ3n) is 4.97. The van der Waals surface area contributed by atoms with Crippen LogP contribution in [0.15, 0.2) is 59.6 Å². The number of nitrogens with one attached hydrogen (secondary N) is 1. The van der Waals surface area contributed by atoms with Crippen LogP contribution in [0.1, 0.15) is 0 Å². The molecule has 0 amide bonds. The van der Waals surface area contributed by atoms with E-state index in [2.05, 4.69) is 50.4 Å². The summed E-state index contributed by atoms with van der Waals surface area (Å²) < 4.78 is 11.8. The number of fused-ring (bicyclic) bond motifs is 1. The highest BCUT2D eigenvalue weighted by atomic mass is 127. The molecule has 0 radical (unpaired) electrons. The summed E-state index contributed by atoms with van der Waals surface area (Å²) in [5, 5.41) is 3.45. The number of guanidine groups is 1. The van der Waals surface area contributed by atoms with Crippen LogP contribution in [0.4, 0.5) is 5.69 Å². The average Bonchev–Trinajstić information content (AvgIpc) is 2.75. The Balaban J connectivity index is 0.00000225. The van der Waals surface area contributed by atoms with Gasteiger partial charge in [0.1, 0.15) is 12.7 Å². The number of aliphatic imine (C=N–C) groups is 1. The summed E-state index contributed by atoms with van der Waals surface area (Å²) in [7, 11) is 1.83. The Bertz CT molecular complexity index is 779. The number of piperazine rings is 1. The van der Waals surface area contributed by atoms with Gasteiger partial charge in [-0.3, -0.25) is 4.99 Å². The molecule has 2 aromatic carbocycles. The van der Waals surface area contributed by atoms with Crippen LogP contribution in [0, 0.1) is 0 Å². The first-order valence-corrected chi connectivity index (χ1v) is 9.47. The van der Waals surface area contributed by atoms with Gasteiger partial charge in [0.25, 0.3) is 0 Å². The second-order valence-corrected chi connectivity index (χ2v) is 6.74. The van der Waals surface area contributed by atoms with Crippen LogP contribution in [0.3, 0.4) is 0 Å². The summed E-state index contributed by atoms with van der Waals surface area (Å²) in [6.07, 6.45) is -0.0257. The van der Waals surface area contributed by atoms with E-state index in [-0.39, 0.29) is 30.1 Å². The number of hydrogen-bond acceptors (Lipinski definition) is 4. The molecule has 0 bridgehead atoms. The van der Waals surface area contributed by atoms with Crippen molar-refractivity contribution in [2.24, 2.45) is 4.99 Å². The first kappa shape index (κ1) is 20.6. The van der Waals surface area contributed by atoms with Crippen LogP contribution < -0.4 is 19.7 Å². The predicted molar refractivity (Wildman–Crippen MR) is 123 cm³/mol. The van der Waals surface area contributed by atoms with E-state index in [4.69, 9.17) is 9.47 Å². The standard InChI is InChI=1S/C21H26N4O2.HI/c1-22-21(23-15-18-16-26-19-9-5-6-10-20(19)27-18)25-13-11-24(12-14-25)17-7-3-2-4-8-17;/h2-10,18H,11-16H2,1H3,(H,22,23);1H. The van der Waals surface area contributed by atoms with Gasteiger partial charge in [-0.15, -0.1) is 24.0 Å². The molecule has 28 heavy (non-hydrogen) atoms. The molecular weight excluding hydrogens is 467 g/mol. The lowest BCUT2D eigenvalue weighted by molar-refractivity contribution is 0.0930. The summed E-state index contributed by atoms with van der Waals surface area (Å²) in [6.45, 7) is 5.07. The van der Waals surface area contributed by atoms with E-state index in [1.165, 1.54) is 5.69 Å². The molecule has 6 nitrogen and oxygen atoms in total. The number of rotatable bonds is 3. The zero-order valence-corrected chi connectivity index (χ0v) is 18.4. The van der Waals surface area contributed by atoms with E-state index in [1.54, 1.807) is 0 Å². The molecule has 1 N–H and O–H groups in total. The molecule has 1 unspecified atom stereocenters. The number of ether oxygens (including phenoxy) is 2. The molecule has 1 atom stereocenters. The van der Waals surface area contributed by atoms with Crippen molar-refractivity contribution < 1.29 is 9.47 Å². The van der Waals surface area contributed by atoms with Gasteiger partial charge in [-0.25, -0.2) is 0 Å². The van der Waals surface area contributed by atoms with Crippen molar-refractivity contribution in [3.8, 4) is 11.5 Å². The minimum absolute atomic E-state index is 0. The monoisotopic (exact) mass is 494 g/mol. The van der Waals surface area contributed by atoms with Crippen molar-refractivity contribution in [3.05, 3.63) is 54.6 Å². The lowest BCUT2D eigenvalue weighted by Gasteiger charge is -2.38. The normalized spacial score (nSPS) is 19.0. The van der Waals surface area contributed by atoms with Crippen LogP contribution in [0.5, 0.6) is 11.5 Å². The first-order valence-electron chi connectivity index (χ1n) is 9.47. The lowest BCUT2D eigenvalue weighted by atomic mass is 10.2. The first-order chi connectivity index (χ1) is 13.3. The minimum atomic E-state index is -0.0257. The molecule has 7 heteroatoms. The van der Waals surface area contributed by atoms with Gasteiger partial charge in [-0.1, -0.05) is 30.3 Å². The van der Waals surface area contributed by atoms with Crippen molar-refractivity contribution in [2.75, 3.05) is 51.3 Å². The molecule has 2 heterocycles. The molecule has 0 saturated carbocycles. The SMILES string of the molecule is CN=C(NCC1COc2ccccc2O1)N1CCN(c2ccccc2)CC1.I. The number of anilines is 1. The second-order valence-electron chi connectivity index (χ2n) is 6.74. The van der Waals surface area contributed by atoms with Gasteiger partial charge in [0.05, 0.1) is 6.54 Å². The summed E-state index contributed by atoms with van der Waals surface area (Å²) in [4.78, 5) is 9.17. The summed E-state index contributed by atoms with van der Waals surface area (Å²) >= 11 is 0. The Labute approximate surface area is 183 Å². The fraction of sp³-hybridized carbons (Fsp3) is 0.381. The Morgan fingerprint density at radius 3 is 2.39 bits per heavy atom. The molecular formula is C21H27IN4O2. The molecule has 1 fully saturated rings. The van der Waals surface area contributed by atoms with Crippen molar-refractivity contribution in [2.45, 2.75) is 6.10 Å². The van der Waals surface area contributed by atoms with Gasteiger partial charge >= 0.3 is 0 Å². The lowest BCUT2D eigenvalue weighted by Crippen LogP contribution is -2.54.